The maximum absolute atomic E-state index is 12.9. The van der Waals surface area contributed by atoms with Gasteiger partial charge in [0.05, 0.1) is 0 Å². The molecule has 1 atom stereocenters. The molecular weight excluding hydrogens is 257 g/mol. The van der Waals surface area contributed by atoms with Gasteiger partial charge in [-0.05, 0) is 47.0 Å². The van der Waals surface area contributed by atoms with Gasteiger partial charge in [-0.15, -0.1) is 0 Å². The highest BCUT2D eigenvalue weighted by Crippen LogP contribution is 2.24. The lowest BCUT2D eigenvalue weighted by molar-refractivity contribution is 0.572. The zero-order valence-electron chi connectivity index (χ0n) is 9.41. The van der Waals surface area contributed by atoms with Crippen LogP contribution in [0.2, 0.25) is 5.02 Å². The van der Waals surface area contributed by atoms with Crippen LogP contribution in [0, 0.1) is 5.82 Å². The van der Waals surface area contributed by atoms with Gasteiger partial charge in [-0.25, -0.2) is 4.39 Å². The Bertz CT molecular complexity index is 484. The summed E-state index contributed by atoms with van der Waals surface area (Å²) in [4.78, 5) is 0. The van der Waals surface area contributed by atoms with Crippen molar-refractivity contribution in [2.24, 2.45) is 0 Å². The molecule has 0 radical (unpaired) electrons. The van der Waals surface area contributed by atoms with Gasteiger partial charge in [-0.2, -0.15) is 11.3 Å². The summed E-state index contributed by atoms with van der Waals surface area (Å²) in [6.45, 7) is 2.81. The van der Waals surface area contributed by atoms with Gasteiger partial charge in [-0.1, -0.05) is 17.7 Å². The Labute approximate surface area is 109 Å². The first-order chi connectivity index (χ1) is 8.16. The van der Waals surface area contributed by atoms with Gasteiger partial charge < -0.3 is 5.32 Å². The van der Waals surface area contributed by atoms with Crippen LogP contribution < -0.4 is 5.32 Å². The summed E-state index contributed by atoms with van der Waals surface area (Å²) in [6, 6.07) is 6.69. The monoisotopic (exact) mass is 269 g/mol. The Morgan fingerprint density at radius 3 is 2.88 bits per heavy atom. The first kappa shape index (κ1) is 12.6. The second kappa shape index (κ2) is 5.63. The Kier molecular flexibility index (Phi) is 4.15. The van der Waals surface area contributed by atoms with Gasteiger partial charge in [0, 0.05) is 17.6 Å². The third kappa shape index (κ3) is 3.28. The summed E-state index contributed by atoms with van der Waals surface area (Å²) in [7, 11) is 0. The highest BCUT2D eigenvalue weighted by atomic mass is 35.5. The summed E-state index contributed by atoms with van der Waals surface area (Å²) in [5.41, 5.74) is 2.17. The molecule has 2 aromatic rings. The Morgan fingerprint density at radius 1 is 1.41 bits per heavy atom. The van der Waals surface area contributed by atoms with E-state index in [9.17, 15) is 4.39 Å². The van der Waals surface area contributed by atoms with Crippen molar-refractivity contribution in [3.8, 4) is 0 Å². The lowest BCUT2D eigenvalue weighted by Crippen LogP contribution is -2.18. The van der Waals surface area contributed by atoms with E-state index in [-0.39, 0.29) is 11.9 Å². The number of halogens is 2. The molecule has 0 bridgehead atoms. The van der Waals surface area contributed by atoms with Crippen molar-refractivity contribution in [1.29, 1.82) is 0 Å². The van der Waals surface area contributed by atoms with E-state index in [2.05, 4.69) is 16.8 Å². The highest BCUT2D eigenvalue weighted by molar-refractivity contribution is 7.07. The smallest absolute Gasteiger partial charge is 0.124 e. The number of benzene rings is 1. The SMILES string of the molecule is CC(NCc1ccsc1)c1ccc(F)cc1Cl. The minimum absolute atomic E-state index is 0.100. The molecule has 0 amide bonds. The number of nitrogens with one attached hydrogen (secondary N) is 1. The van der Waals surface area contributed by atoms with Crippen molar-refractivity contribution in [3.63, 3.8) is 0 Å². The lowest BCUT2D eigenvalue weighted by Gasteiger charge is -2.15. The predicted octanol–water partition coefficient (Wildman–Crippen LogP) is 4.39. The van der Waals surface area contributed by atoms with Crippen LogP contribution in [0.5, 0.6) is 0 Å². The van der Waals surface area contributed by atoms with E-state index in [1.165, 1.54) is 17.7 Å². The maximum Gasteiger partial charge on any atom is 0.124 e. The molecule has 0 saturated carbocycles. The van der Waals surface area contributed by atoms with Gasteiger partial charge in [0.15, 0.2) is 0 Å². The van der Waals surface area contributed by atoms with E-state index in [1.54, 1.807) is 17.4 Å². The van der Waals surface area contributed by atoms with Crippen molar-refractivity contribution in [2.75, 3.05) is 0 Å². The number of rotatable bonds is 4. The fraction of sp³-hybridized carbons (Fsp3) is 0.231. The predicted molar refractivity (Wildman–Crippen MR) is 71.0 cm³/mol. The molecule has 1 N–H and O–H groups in total. The van der Waals surface area contributed by atoms with Crippen LogP contribution in [0.15, 0.2) is 35.0 Å². The summed E-state index contributed by atoms with van der Waals surface area (Å²) >= 11 is 7.68. The fourth-order valence-electron chi connectivity index (χ4n) is 1.63. The average Bonchev–Trinajstić information content (AvgIpc) is 2.78. The minimum Gasteiger partial charge on any atom is -0.306 e. The van der Waals surface area contributed by atoms with Gasteiger partial charge in [0.2, 0.25) is 0 Å². The number of thiophene rings is 1. The molecule has 0 aliphatic heterocycles. The van der Waals surface area contributed by atoms with E-state index in [4.69, 9.17) is 11.6 Å². The van der Waals surface area contributed by atoms with Crippen LogP contribution in [-0.4, -0.2) is 0 Å². The standard InChI is InChI=1S/C13H13ClFNS/c1-9(16-7-10-4-5-17-8-10)12-3-2-11(15)6-13(12)14/h2-6,8-9,16H,7H2,1H3. The van der Waals surface area contributed by atoms with Crippen molar-refractivity contribution in [3.05, 3.63) is 57.0 Å². The van der Waals surface area contributed by atoms with Crippen LogP contribution >= 0.6 is 22.9 Å². The molecule has 1 aromatic carbocycles. The Morgan fingerprint density at radius 2 is 2.24 bits per heavy atom. The molecule has 1 unspecified atom stereocenters. The quantitative estimate of drug-likeness (QED) is 0.868. The largest absolute Gasteiger partial charge is 0.306 e. The molecule has 90 valence electrons. The normalized spacial score (nSPS) is 12.6. The van der Waals surface area contributed by atoms with Gasteiger partial charge in [-0.3, -0.25) is 0 Å². The van der Waals surface area contributed by atoms with E-state index < -0.39 is 0 Å². The second-order valence-electron chi connectivity index (χ2n) is 3.90. The lowest BCUT2D eigenvalue weighted by atomic mass is 10.1. The molecule has 0 fully saturated rings. The van der Waals surface area contributed by atoms with Gasteiger partial charge in [0.25, 0.3) is 0 Å². The average molecular weight is 270 g/mol. The van der Waals surface area contributed by atoms with Gasteiger partial charge >= 0.3 is 0 Å². The molecule has 0 saturated heterocycles. The molecular formula is C13H13ClFNS. The van der Waals surface area contributed by atoms with Crippen LogP contribution in [0.25, 0.3) is 0 Å². The van der Waals surface area contributed by atoms with Crippen LogP contribution in [0.1, 0.15) is 24.1 Å². The summed E-state index contributed by atoms with van der Waals surface area (Å²) in [5, 5.41) is 7.98. The molecule has 17 heavy (non-hydrogen) atoms. The summed E-state index contributed by atoms with van der Waals surface area (Å²) < 4.78 is 12.9. The maximum atomic E-state index is 12.9. The van der Waals surface area contributed by atoms with E-state index >= 15 is 0 Å². The Hall–Kier alpha value is -0.900. The van der Waals surface area contributed by atoms with Crippen LogP contribution in [0.4, 0.5) is 4.39 Å². The van der Waals surface area contributed by atoms with E-state index in [1.807, 2.05) is 12.3 Å². The fourth-order valence-corrected chi connectivity index (χ4v) is 2.63. The highest BCUT2D eigenvalue weighted by Gasteiger charge is 2.09. The second-order valence-corrected chi connectivity index (χ2v) is 5.09. The van der Waals surface area contributed by atoms with Crippen molar-refractivity contribution in [1.82, 2.24) is 5.32 Å². The molecule has 0 aliphatic carbocycles. The van der Waals surface area contributed by atoms with Crippen LogP contribution in [0.3, 0.4) is 0 Å². The summed E-state index contributed by atoms with van der Waals surface area (Å²) in [6.07, 6.45) is 0. The van der Waals surface area contributed by atoms with Crippen molar-refractivity contribution in [2.45, 2.75) is 19.5 Å². The van der Waals surface area contributed by atoms with Gasteiger partial charge in [0.1, 0.15) is 5.82 Å². The third-order valence-electron chi connectivity index (χ3n) is 2.62. The Balaban J connectivity index is 2.01. The topological polar surface area (TPSA) is 12.0 Å². The molecule has 1 heterocycles. The molecule has 2 rings (SSSR count). The first-order valence-corrected chi connectivity index (χ1v) is 6.68. The summed E-state index contributed by atoms with van der Waals surface area (Å²) in [5.74, 6) is -0.302. The molecule has 1 nitrogen and oxygen atoms in total. The number of hydrogen-bond acceptors (Lipinski definition) is 2. The zero-order valence-corrected chi connectivity index (χ0v) is 11.0. The molecule has 1 aromatic heterocycles. The molecule has 0 aliphatic rings. The van der Waals surface area contributed by atoms with E-state index in [0.717, 1.165) is 12.1 Å². The molecule has 0 spiro atoms. The molecule has 4 heteroatoms. The van der Waals surface area contributed by atoms with Crippen LogP contribution in [-0.2, 0) is 6.54 Å². The van der Waals surface area contributed by atoms with E-state index in [0.29, 0.717) is 5.02 Å². The zero-order chi connectivity index (χ0) is 12.3. The number of hydrogen-bond donors (Lipinski definition) is 1. The van der Waals surface area contributed by atoms with Crippen molar-refractivity contribution >= 4 is 22.9 Å². The minimum atomic E-state index is -0.302. The third-order valence-corrected chi connectivity index (χ3v) is 3.68. The van der Waals surface area contributed by atoms with Crippen molar-refractivity contribution < 1.29 is 4.39 Å². The first-order valence-electron chi connectivity index (χ1n) is 5.36.